The molecule has 0 radical (unpaired) electrons. The summed E-state index contributed by atoms with van der Waals surface area (Å²) in [6.07, 6.45) is -2.84. The highest BCUT2D eigenvalue weighted by molar-refractivity contribution is 6.17. The van der Waals surface area contributed by atoms with Gasteiger partial charge in [-0.25, -0.2) is 13.8 Å². The number of alkyl halides is 3. The normalized spacial score (nSPS) is 10.8. The molecule has 0 amide bonds. The average Bonchev–Trinajstić information content (AvgIpc) is 2.08. The van der Waals surface area contributed by atoms with Gasteiger partial charge in [0.2, 0.25) is 5.95 Å². The van der Waals surface area contributed by atoms with Crippen molar-refractivity contribution in [1.29, 1.82) is 0 Å². The van der Waals surface area contributed by atoms with Gasteiger partial charge in [-0.2, -0.15) is 4.39 Å². The highest BCUT2D eigenvalue weighted by atomic mass is 35.5. The van der Waals surface area contributed by atoms with Crippen molar-refractivity contribution in [3.63, 3.8) is 0 Å². The minimum Gasteiger partial charge on any atom is -0.395 e. The second-order valence-corrected chi connectivity index (χ2v) is 2.61. The Morgan fingerprint density at radius 1 is 1.54 bits per heavy atom. The molecule has 0 aliphatic heterocycles. The predicted octanol–water partition coefficient (Wildman–Crippen LogP) is 2.48. The van der Waals surface area contributed by atoms with Crippen LogP contribution in [0, 0.1) is 5.95 Å². The minimum atomic E-state index is -2.84. The molecule has 0 bridgehead atoms. The lowest BCUT2D eigenvalue weighted by atomic mass is 10.2. The van der Waals surface area contributed by atoms with E-state index in [0.29, 0.717) is 0 Å². The predicted molar refractivity (Wildman–Crippen MR) is 43.1 cm³/mol. The van der Waals surface area contributed by atoms with Gasteiger partial charge in [0.05, 0.1) is 5.69 Å². The first kappa shape index (κ1) is 10.1. The Labute approximate surface area is 77.5 Å². The van der Waals surface area contributed by atoms with Crippen molar-refractivity contribution >= 4 is 17.3 Å². The molecule has 2 N–H and O–H groups in total. The van der Waals surface area contributed by atoms with Crippen LogP contribution in [0.3, 0.4) is 0 Å². The Morgan fingerprint density at radius 3 is 2.62 bits per heavy atom. The third-order valence-corrected chi connectivity index (χ3v) is 1.75. The van der Waals surface area contributed by atoms with Gasteiger partial charge in [0.15, 0.2) is 0 Å². The number of nitrogen functional groups attached to an aromatic ring is 1. The quantitative estimate of drug-likeness (QED) is 0.602. The van der Waals surface area contributed by atoms with Crippen LogP contribution in [-0.4, -0.2) is 4.98 Å². The third-order valence-electron chi connectivity index (χ3n) is 1.47. The van der Waals surface area contributed by atoms with E-state index in [4.69, 9.17) is 17.3 Å². The van der Waals surface area contributed by atoms with E-state index >= 15 is 0 Å². The fourth-order valence-electron chi connectivity index (χ4n) is 0.859. The topological polar surface area (TPSA) is 38.9 Å². The monoisotopic (exact) mass is 210 g/mol. The average molecular weight is 211 g/mol. The second kappa shape index (κ2) is 3.83. The largest absolute Gasteiger partial charge is 0.395 e. The van der Waals surface area contributed by atoms with Crippen LogP contribution in [-0.2, 0) is 5.88 Å². The molecule has 2 nitrogen and oxygen atoms in total. The number of hydrogen-bond donors (Lipinski definition) is 1. The van der Waals surface area contributed by atoms with E-state index in [-0.39, 0.29) is 17.1 Å². The number of nitrogens with zero attached hydrogens (tertiary/aromatic N) is 1. The van der Waals surface area contributed by atoms with Crippen LogP contribution in [0.2, 0.25) is 0 Å². The second-order valence-electron chi connectivity index (χ2n) is 2.35. The van der Waals surface area contributed by atoms with E-state index in [1.165, 1.54) is 0 Å². The summed E-state index contributed by atoms with van der Waals surface area (Å²) in [6.45, 7) is 0. The number of halogens is 4. The maximum Gasteiger partial charge on any atom is 0.280 e. The summed E-state index contributed by atoms with van der Waals surface area (Å²) >= 11 is 5.35. The summed E-state index contributed by atoms with van der Waals surface area (Å²) in [5, 5.41) is 0. The molecule has 0 fully saturated rings. The molecule has 0 saturated carbocycles. The molecule has 6 heteroatoms. The molecular formula is C7H6ClF3N2. The smallest absolute Gasteiger partial charge is 0.280 e. The maximum atomic E-state index is 12.6. The van der Waals surface area contributed by atoms with Gasteiger partial charge >= 0.3 is 0 Å². The molecule has 0 aromatic carbocycles. The number of rotatable bonds is 2. The molecule has 0 spiro atoms. The van der Waals surface area contributed by atoms with Crippen molar-refractivity contribution in [2.45, 2.75) is 12.3 Å². The summed E-state index contributed by atoms with van der Waals surface area (Å²) in [5.74, 6) is -1.26. The molecule has 0 aliphatic rings. The van der Waals surface area contributed by atoms with Crippen molar-refractivity contribution in [3.05, 3.63) is 23.3 Å². The molecule has 0 atom stereocenters. The van der Waals surface area contributed by atoms with Crippen LogP contribution >= 0.6 is 11.6 Å². The van der Waals surface area contributed by atoms with Gasteiger partial charge in [-0.05, 0) is 11.6 Å². The van der Waals surface area contributed by atoms with E-state index < -0.39 is 18.1 Å². The lowest BCUT2D eigenvalue weighted by Gasteiger charge is -2.06. The van der Waals surface area contributed by atoms with Crippen LogP contribution in [0.5, 0.6) is 0 Å². The molecule has 0 unspecified atom stereocenters. The van der Waals surface area contributed by atoms with Gasteiger partial charge in [0, 0.05) is 5.88 Å². The number of hydrogen-bond acceptors (Lipinski definition) is 2. The highest BCUT2D eigenvalue weighted by Gasteiger charge is 2.17. The standard InChI is InChI=1S/C7H6ClF3N2/c8-2-3-1-4(12)7(11)13-5(3)6(9)10/h1,6H,2,12H2. The Kier molecular flexibility index (Phi) is 2.98. The Hall–Kier alpha value is -0.970. The molecule has 0 aliphatic carbocycles. The molecule has 13 heavy (non-hydrogen) atoms. The molecule has 72 valence electrons. The summed E-state index contributed by atoms with van der Waals surface area (Å²) in [4.78, 5) is 3.02. The van der Waals surface area contributed by atoms with E-state index in [9.17, 15) is 13.2 Å². The van der Waals surface area contributed by atoms with E-state index in [1.807, 2.05) is 0 Å². The summed E-state index contributed by atoms with van der Waals surface area (Å²) in [6, 6.07) is 1.07. The van der Waals surface area contributed by atoms with Gasteiger partial charge < -0.3 is 5.73 Å². The van der Waals surface area contributed by atoms with Crippen molar-refractivity contribution in [1.82, 2.24) is 4.98 Å². The molecule has 1 rings (SSSR count). The van der Waals surface area contributed by atoms with E-state index in [2.05, 4.69) is 4.98 Å². The zero-order valence-corrected chi connectivity index (χ0v) is 7.15. The van der Waals surface area contributed by atoms with Gasteiger partial charge in [-0.15, -0.1) is 11.6 Å². The lowest BCUT2D eigenvalue weighted by Crippen LogP contribution is -2.03. The lowest BCUT2D eigenvalue weighted by molar-refractivity contribution is 0.144. The zero-order chi connectivity index (χ0) is 10.0. The fourth-order valence-corrected chi connectivity index (χ4v) is 1.07. The van der Waals surface area contributed by atoms with Crippen LogP contribution in [0.25, 0.3) is 0 Å². The molecule has 1 aromatic rings. The number of nitrogens with two attached hydrogens (primary N) is 1. The SMILES string of the molecule is Nc1cc(CCl)c(C(F)F)nc1F. The van der Waals surface area contributed by atoms with Crippen LogP contribution < -0.4 is 5.73 Å². The number of anilines is 1. The summed E-state index contributed by atoms with van der Waals surface area (Å²) in [5.41, 5.74) is 4.25. The Bertz CT molecular complexity index is 317. The fraction of sp³-hybridized carbons (Fsp3) is 0.286. The first-order chi connectivity index (χ1) is 6.06. The van der Waals surface area contributed by atoms with Crippen LogP contribution in [0.4, 0.5) is 18.9 Å². The van der Waals surface area contributed by atoms with Crippen molar-refractivity contribution in [2.24, 2.45) is 0 Å². The first-order valence-electron chi connectivity index (χ1n) is 3.35. The van der Waals surface area contributed by atoms with Gasteiger partial charge in [0.25, 0.3) is 6.43 Å². The van der Waals surface area contributed by atoms with Crippen molar-refractivity contribution < 1.29 is 13.2 Å². The van der Waals surface area contributed by atoms with Crippen molar-refractivity contribution in [2.75, 3.05) is 5.73 Å². The molecule has 1 aromatic heterocycles. The number of aromatic nitrogens is 1. The van der Waals surface area contributed by atoms with Crippen molar-refractivity contribution in [3.8, 4) is 0 Å². The molecule has 1 heterocycles. The van der Waals surface area contributed by atoms with E-state index in [0.717, 1.165) is 6.07 Å². The summed E-state index contributed by atoms with van der Waals surface area (Å²) in [7, 11) is 0. The van der Waals surface area contributed by atoms with Gasteiger partial charge in [-0.1, -0.05) is 0 Å². The zero-order valence-electron chi connectivity index (χ0n) is 6.40. The number of pyridine rings is 1. The molecular weight excluding hydrogens is 205 g/mol. The Balaban J connectivity index is 3.25. The molecule has 0 saturated heterocycles. The van der Waals surface area contributed by atoms with Crippen LogP contribution in [0.15, 0.2) is 6.07 Å². The van der Waals surface area contributed by atoms with Gasteiger partial charge in [0.1, 0.15) is 5.69 Å². The Morgan fingerprint density at radius 2 is 2.15 bits per heavy atom. The van der Waals surface area contributed by atoms with Crippen LogP contribution in [0.1, 0.15) is 17.7 Å². The highest BCUT2D eigenvalue weighted by Crippen LogP contribution is 2.24. The minimum absolute atomic E-state index is 0.0515. The van der Waals surface area contributed by atoms with E-state index in [1.54, 1.807) is 0 Å². The summed E-state index contributed by atoms with van der Waals surface area (Å²) < 4.78 is 37.0. The third kappa shape index (κ3) is 2.03. The maximum absolute atomic E-state index is 12.6. The first-order valence-corrected chi connectivity index (χ1v) is 3.88. The van der Waals surface area contributed by atoms with Gasteiger partial charge in [-0.3, -0.25) is 0 Å².